The van der Waals surface area contributed by atoms with Gasteiger partial charge in [0.25, 0.3) is 5.91 Å². The summed E-state index contributed by atoms with van der Waals surface area (Å²) in [7, 11) is 0. The Kier molecular flexibility index (Phi) is 5.14. The van der Waals surface area contributed by atoms with Gasteiger partial charge in [-0.15, -0.1) is 0 Å². The Morgan fingerprint density at radius 3 is 2.58 bits per heavy atom. The molecule has 1 aromatic heterocycles. The molecule has 4 nitrogen and oxygen atoms in total. The first-order valence-corrected chi connectivity index (χ1v) is 8.73. The van der Waals surface area contributed by atoms with E-state index < -0.39 is 0 Å². The Bertz CT molecular complexity index is 703. The summed E-state index contributed by atoms with van der Waals surface area (Å²) in [5.74, 6) is -0.0693. The van der Waals surface area contributed by atoms with Crippen molar-refractivity contribution in [3.8, 4) is 0 Å². The third-order valence-corrected chi connectivity index (χ3v) is 4.61. The third-order valence-electron chi connectivity index (χ3n) is 4.61. The second-order valence-electron chi connectivity index (χ2n) is 6.68. The molecule has 1 amide bonds. The van der Waals surface area contributed by atoms with Gasteiger partial charge < -0.3 is 10.6 Å². The van der Waals surface area contributed by atoms with Crippen molar-refractivity contribution < 1.29 is 4.79 Å². The fourth-order valence-corrected chi connectivity index (χ4v) is 3.13. The van der Waals surface area contributed by atoms with Gasteiger partial charge in [-0.3, -0.25) is 4.79 Å². The number of carbonyl (C=O) groups is 1. The van der Waals surface area contributed by atoms with Crippen LogP contribution in [0.15, 0.2) is 36.5 Å². The van der Waals surface area contributed by atoms with E-state index in [2.05, 4.69) is 47.7 Å². The molecule has 0 radical (unpaired) electrons. The maximum absolute atomic E-state index is 12.3. The van der Waals surface area contributed by atoms with Crippen molar-refractivity contribution >= 4 is 17.3 Å². The minimum absolute atomic E-state index is 0.0693. The van der Waals surface area contributed by atoms with Crippen molar-refractivity contribution in [1.82, 2.24) is 10.3 Å². The first-order valence-electron chi connectivity index (χ1n) is 8.73. The van der Waals surface area contributed by atoms with Crippen LogP contribution in [-0.4, -0.2) is 16.9 Å². The van der Waals surface area contributed by atoms with Crippen LogP contribution >= 0.6 is 0 Å². The van der Waals surface area contributed by atoms with Crippen molar-refractivity contribution in [2.24, 2.45) is 0 Å². The highest BCUT2D eigenvalue weighted by atomic mass is 16.1. The summed E-state index contributed by atoms with van der Waals surface area (Å²) in [5.41, 5.74) is 4.82. The molecule has 0 saturated heterocycles. The molecule has 0 aliphatic heterocycles. The maximum Gasteiger partial charge on any atom is 0.270 e. The molecule has 0 bridgehead atoms. The Morgan fingerprint density at radius 1 is 1.08 bits per heavy atom. The van der Waals surface area contributed by atoms with Gasteiger partial charge in [0.2, 0.25) is 0 Å². The van der Waals surface area contributed by atoms with Crippen molar-refractivity contribution in [2.45, 2.75) is 52.0 Å². The van der Waals surface area contributed by atoms with Crippen molar-refractivity contribution in [1.29, 1.82) is 0 Å². The molecule has 2 N–H and O–H groups in total. The Balaban J connectivity index is 1.64. The Morgan fingerprint density at radius 2 is 1.88 bits per heavy atom. The van der Waals surface area contributed by atoms with E-state index in [1.54, 1.807) is 12.3 Å². The lowest BCUT2D eigenvalue weighted by Gasteiger charge is -2.22. The zero-order valence-corrected chi connectivity index (χ0v) is 14.4. The summed E-state index contributed by atoms with van der Waals surface area (Å²) >= 11 is 0. The molecule has 2 aromatic rings. The van der Waals surface area contributed by atoms with Gasteiger partial charge in [0.15, 0.2) is 0 Å². The molecule has 3 rings (SSSR count). The highest BCUT2D eigenvalue weighted by Gasteiger charge is 2.17. The minimum Gasteiger partial charge on any atom is -0.354 e. The zero-order valence-electron chi connectivity index (χ0n) is 14.4. The molecule has 1 heterocycles. The smallest absolute Gasteiger partial charge is 0.270 e. The molecular weight excluding hydrogens is 298 g/mol. The van der Waals surface area contributed by atoms with Gasteiger partial charge in [0.05, 0.1) is 11.9 Å². The molecule has 126 valence electrons. The largest absolute Gasteiger partial charge is 0.354 e. The van der Waals surface area contributed by atoms with Gasteiger partial charge in [-0.25, -0.2) is 4.98 Å². The zero-order chi connectivity index (χ0) is 16.9. The molecule has 1 aromatic carbocycles. The third kappa shape index (κ3) is 4.13. The van der Waals surface area contributed by atoms with Crippen LogP contribution in [0.3, 0.4) is 0 Å². The lowest BCUT2D eigenvalue weighted by Crippen LogP contribution is -2.36. The molecule has 0 spiro atoms. The lowest BCUT2D eigenvalue weighted by atomic mass is 9.95. The van der Waals surface area contributed by atoms with Gasteiger partial charge in [-0.05, 0) is 56.0 Å². The fraction of sp³-hybridized carbons (Fsp3) is 0.400. The predicted molar refractivity (Wildman–Crippen MR) is 97.8 cm³/mol. The van der Waals surface area contributed by atoms with E-state index in [1.165, 1.54) is 30.4 Å². The Labute approximate surface area is 143 Å². The molecule has 4 heteroatoms. The van der Waals surface area contributed by atoms with Crippen LogP contribution in [0.5, 0.6) is 0 Å². The van der Waals surface area contributed by atoms with Crippen LogP contribution in [0.4, 0.5) is 11.4 Å². The fourth-order valence-electron chi connectivity index (χ4n) is 3.13. The summed E-state index contributed by atoms with van der Waals surface area (Å²) in [4.78, 5) is 16.6. The molecule has 1 aliphatic rings. The maximum atomic E-state index is 12.3. The average Bonchev–Trinajstić information content (AvgIpc) is 2.60. The number of nitrogens with zero attached hydrogens (tertiary/aromatic N) is 1. The van der Waals surface area contributed by atoms with E-state index in [0.29, 0.717) is 11.7 Å². The van der Waals surface area contributed by atoms with E-state index >= 15 is 0 Å². The van der Waals surface area contributed by atoms with Crippen LogP contribution in [0.25, 0.3) is 0 Å². The van der Waals surface area contributed by atoms with Crippen LogP contribution in [0, 0.1) is 13.8 Å². The number of carbonyl (C=O) groups excluding carboxylic acids is 1. The number of nitrogens with one attached hydrogen (secondary N) is 2. The van der Waals surface area contributed by atoms with E-state index in [-0.39, 0.29) is 5.91 Å². The minimum atomic E-state index is -0.0693. The molecule has 1 aliphatic carbocycles. The highest BCUT2D eigenvalue weighted by molar-refractivity contribution is 5.92. The lowest BCUT2D eigenvalue weighted by molar-refractivity contribution is 0.0922. The van der Waals surface area contributed by atoms with E-state index in [4.69, 9.17) is 0 Å². The molecule has 24 heavy (non-hydrogen) atoms. The molecule has 0 atom stereocenters. The monoisotopic (exact) mass is 323 g/mol. The second kappa shape index (κ2) is 7.47. The molecule has 0 unspecified atom stereocenters. The highest BCUT2D eigenvalue weighted by Crippen LogP contribution is 2.22. The van der Waals surface area contributed by atoms with E-state index in [9.17, 15) is 4.79 Å². The van der Waals surface area contributed by atoms with Gasteiger partial charge in [-0.2, -0.15) is 0 Å². The quantitative estimate of drug-likeness (QED) is 0.870. The average molecular weight is 323 g/mol. The predicted octanol–water partition coefficient (Wildman–Crippen LogP) is 4.50. The van der Waals surface area contributed by atoms with Crippen LogP contribution < -0.4 is 10.6 Å². The molecule has 1 fully saturated rings. The number of aryl methyl sites for hydroxylation is 2. The number of anilines is 2. The van der Waals surface area contributed by atoms with Gasteiger partial charge in [-0.1, -0.05) is 31.4 Å². The van der Waals surface area contributed by atoms with Crippen LogP contribution in [0.1, 0.15) is 53.7 Å². The van der Waals surface area contributed by atoms with Gasteiger partial charge in [0, 0.05) is 11.7 Å². The number of hydrogen-bond donors (Lipinski definition) is 2. The normalized spacial score (nSPS) is 15.1. The number of benzene rings is 1. The number of amides is 1. The topological polar surface area (TPSA) is 54.0 Å². The van der Waals surface area contributed by atoms with E-state index in [0.717, 1.165) is 24.2 Å². The summed E-state index contributed by atoms with van der Waals surface area (Å²) < 4.78 is 0. The second-order valence-corrected chi connectivity index (χ2v) is 6.68. The SMILES string of the molecule is Cc1ccc(C)c(Nc2ccc(C(=O)NC3CCCCC3)nc2)c1. The first kappa shape index (κ1) is 16.5. The molecular formula is C20H25N3O. The standard InChI is InChI=1S/C20H25N3O/c1-14-8-9-15(2)19(12-14)22-17-10-11-18(21-13-17)20(24)23-16-6-4-3-5-7-16/h8-13,16,22H,3-7H2,1-2H3,(H,23,24). The first-order chi connectivity index (χ1) is 11.6. The summed E-state index contributed by atoms with van der Waals surface area (Å²) in [6.07, 6.45) is 7.57. The number of pyridine rings is 1. The summed E-state index contributed by atoms with van der Waals surface area (Å²) in [6, 6.07) is 10.3. The van der Waals surface area contributed by atoms with Gasteiger partial charge >= 0.3 is 0 Å². The summed E-state index contributed by atoms with van der Waals surface area (Å²) in [5, 5.41) is 6.47. The van der Waals surface area contributed by atoms with Crippen molar-refractivity contribution in [3.05, 3.63) is 53.3 Å². The number of hydrogen-bond acceptors (Lipinski definition) is 3. The summed E-state index contributed by atoms with van der Waals surface area (Å²) in [6.45, 7) is 4.14. The number of aromatic nitrogens is 1. The Hall–Kier alpha value is -2.36. The van der Waals surface area contributed by atoms with Gasteiger partial charge in [0.1, 0.15) is 5.69 Å². The van der Waals surface area contributed by atoms with Crippen LogP contribution in [-0.2, 0) is 0 Å². The van der Waals surface area contributed by atoms with E-state index in [1.807, 2.05) is 6.07 Å². The van der Waals surface area contributed by atoms with Crippen molar-refractivity contribution in [2.75, 3.05) is 5.32 Å². The molecule has 1 saturated carbocycles. The number of rotatable bonds is 4. The van der Waals surface area contributed by atoms with Crippen molar-refractivity contribution in [3.63, 3.8) is 0 Å². The van der Waals surface area contributed by atoms with Crippen LogP contribution in [0.2, 0.25) is 0 Å².